The van der Waals surface area contributed by atoms with Crippen LogP contribution in [0.15, 0.2) is 53.1 Å². The molecule has 3 heterocycles. The number of carbonyl (C=O) groups is 2. The Kier molecular flexibility index (Phi) is 5.83. The molecule has 0 radical (unpaired) electrons. The monoisotopic (exact) mass is 460 g/mol. The van der Waals surface area contributed by atoms with E-state index in [0.717, 1.165) is 35.0 Å². The molecule has 1 saturated heterocycles. The third kappa shape index (κ3) is 4.28. The van der Waals surface area contributed by atoms with E-state index in [1.165, 1.54) is 0 Å². The second-order valence-electron chi connectivity index (χ2n) is 8.60. The maximum Gasteiger partial charge on any atom is 0.251 e. The van der Waals surface area contributed by atoms with Crippen molar-refractivity contribution in [3.63, 3.8) is 0 Å². The Labute approximate surface area is 198 Å². The highest BCUT2D eigenvalue weighted by molar-refractivity contribution is 5.96. The molecule has 0 saturated carbocycles. The summed E-state index contributed by atoms with van der Waals surface area (Å²) in [5.41, 5.74) is 3.45. The van der Waals surface area contributed by atoms with Gasteiger partial charge >= 0.3 is 0 Å². The molecular weight excluding hydrogens is 432 g/mol. The lowest BCUT2D eigenvalue weighted by atomic mass is 9.96. The van der Waals surface area contributed by atoms with Crippen molar-refractivity contribution < 1.29 is 15.5 Å². The van der Waals surface area contributed by atoms with Gasteiger partial charge in [0.25, 0.3) is 5.91 Å². The number of amides is 2. The topological polar surface area (TPSA) is 106 Å². The van der Waals surface area contributed by atoms with Gasteiger partial charge in [0.1, 0.15) is 0 Å². The Hall–Kier alpha value is -4.01. The first kappa shape index (κ1) is 21.8. The molecule has 9 heteroatoms. The fourth-order valence-corrected chi connectivity index (χ4v) is 4.43. The number of benzene rings is 2. The first-order valence-corrected chi connectivity index (χ1v) is 11.4. The zero-order valence-electron chi connectivity index (χ0n) is 19.2. The van der Waals surface area contributed by atoms with Gasteiger partial charge in [-0.3, -0.25) is 14.3 Å². The van der Waals surface area contributed by atoms with E-state index in [9.17, 15) is 9.59 Å². The van der Waals surface area contributed by atoms with Crippen molar-refractivity contribution in [1.82, 2.24) is 30.1 Å². The Bertz CT molecular complexity index is 1340. The van der Waals surface area contributed by atoms with Gasteiger partial charge in [-0.1, -0.05) is 23.4 Å². The summed E-state index contributed by atoms with van der Waals surface area (Å²) in [5, 5.41) is 12.4. The summed E-state index contributed by atoms with van der Waals surface area (Å²) in [5.74, 6) is 0.925. The minimum Gasteiger partial charge on any atom is -0.343 e. The van der Waals surface area contributed by atoms with Crippen LogP contribution in [0.1, 0.15) is 42.1 Å². The number of rotatable bonds is 5. The van der Waals surface area contributed by atoms with Crippen LogP contribution in [0.4, 0.5) is 0 Å². The Morgan fingerprint density at radius 1 is 1.15 bits per heavy atom. The van der Waals surface area contributed by atoms with Crippen molar-refractivity contribution in [3.8, 4) is 11.4 Å². The number of nitrogens with zero attached hydrogens (tertiary/aromatic N) is 5. The average molecular weight is 461 g/mol. The number of fused-ring (bicyclic) bond motifs is 1. The van der Waals surface area contributed by atoms with Gasteiger partial charge in [0.05, 0.1) is 17.8 Å². The zero-order chi connectivity index (χ0) is 23.7. The molecular formula is C25H28N6O3. The van der Waals surface area contributed by atoms with Crippen LogP contribution in [0.25, 0.3) is 22.3 Å². The van der Waals surface area contributed by atoms with Gasteiger partial charge in [-0.15, -0.1) is 0 Å². The molecule has 4 aromatic rings. The first-order chi connectivity index (χ1) is 16.5. The largest absolute Gasteiger partial charge is 0.343 e. The van der Waals surface area contributed by atoms with Crippen LogP contribution < -0.4 is 5.32 Å². The second kappa shape index (κ2) is 9.09. The van der Waals surface area contributed by atoms with Crippen LogP contribution in [0.3, 0.4) is 0 Å². The number of piperidine rings is 1. The fraction of sp³-hybridized carbons (Fsp3) is 0.320. The van der Waals surface area contributed by atoms with Gasteiger partial charge in [0, 0.05) is 44.0 Å². The first-order valence-electron chi connectivity index (χ1n) is 11.4. The van der Waals surface area contributed by atoms with E-state index in [0.29, 0.717) is 30.4 Å². The van der Waals surface area contributed by atoms with Gasteiger partial charge in [-0.25, -0.2) is 0 Å². The van der Waals surface area contributed by atoms with Gasteiger partial charge < -0.3 is 14.7 Å². The predicted molar refractivity (Wildman–Crippen MR) is 128 cm³/mol. The van der Waals surface area contributed by atoms with Crippen molar-refractivity contribution in [2.75, 3.05) is 19.6 Å². The lowest BCUT2D eigenvalue weighted by molar-refractivity contribution is -0.131. The van der Waals surface area contributed by atoms with Crippen LogP contribution in [0.5, 0.6) is 0 Å². The average Bonchev–Trinajstić information content (AvgIpc) is 3.47. The smallest absolute Gasteiger partial charge is 0.251 e. The lowest BCUT2D eigenvalue weighted by Gasteiger charge is -2.30. The van der Waals surface area contributed by atoms with E-state index < -0.39 is 0 Å². The van der Waals surface area contributed by atoms with Gasteiger partial charge in [0.2, 0.25) is 17.6 Å². The van der Waals surface area contributed by atoms with Crippen molar-refractivity contribution in [1.29, 1.82) is 0 Å². The summed E-state index contributed by atoms with van der Waals surface area (Å²) in [6.07, 6.45) is 1.47. The molecule has 1 aliphatic heterocycles. The van der Waals surface area contributed by atoms with Gasteiger partial charge in [-0.05, 0) is 50.1 Å². The van der Waals surface area contributed by atoms with Crippen LogP contribution in [0, 0.1) is 6.92 Å². The Morgan fingerprint density at radius 2 is 1.91 bits per heavy atom. The molecule has 0 spiro atoms. The molecule has 0 atom stereocenters. The van der Waals surface area contributed by atoms with E-state index >= 15 is 0 Å². The number of aryl methyl sites for hydroxylation is 2. The number of carbonyl (C=O) groups excluding carboxylic acids is 2. The van der Waals surface area contributed by atoms with Crippen molar-refractivity contribution in [2.45, 2.75) is 25.7 Å². The van der Waals surface area contributed by atoms with Crippen molar-refractivity contribution >= 4 is 22.7 Å². The number of likely N-dealkylation sites (tertiary alicyclic amines) is 1. The molecule has 2 aromatic heterocycles. The molecule has 5 rings (SSSR count). The summed E-state index contributed by atoms with van der Waals surface area (Å²) >= 11 is 0. The van der Waals surface area contributed by atoms with Crippen LogP contribution in [0.2, 0.25) is 0 Å². The molecule has 0 aliphatic carbocycles. The number of hydrogen-bond acceptors (Lipinski definition) is 6. The fourth-order valence-electron chi connectivity index (χ4n) is 4.43. The van der Waals surface area contributed by atoms with E-state index in [4.69, 9.17) is 4.52 Å². The van der Waals surface area contributed by atoms with E-state index in [1.54, 1.807) is 29.2 Å². The highest BCUT2D eigenvalue weighted by Crippen LogP contribution is 2.30. The van der Waals surface area contributed by atoms with Crippen molar-refractivity contribution in [2.24, 2.45) is 7.05 Å². The van der Waals surface area contributed by atoms with E-state index in [-0.39, 0.29) is 25.7 Å². The Balaban J connectivity index is 0.00000289. The maximum atomic E-state index is 12.6. The standard InChI is InChI=1S/C25H26N6O3.H2/c1-16-20-14-19(8-9-21(20)30(2)28-16)23-27-25(34-29-23)18-10-12-31(13-11-18)22(32)15-26-24(33)17-6-4-3-5-7-17;/h3-9,14,18H,10-13,15H2,1-2H3,(H,26,33);1H. The molecule has 2 aromatic carbocycles. The molecule has 9 nitrogen and oxygen atoms in total. The quantitative estimate of drug-likeness (QED) is 0.490. The molecule has 1 N–H and O–H groups in total. The minimum absolute atomic E-state index is 0. The van der Waals surface area contributed by atoms with Crippen LogP contribution in [-0.4, -0.2) is 56.3 Å². The summed E-state index contributed by atoms with van der Waals surface area (Å²) in [6.45, 7) is 3.14. The highest BCUT2D eigenvalue weighted by atomic mass is 16.5. The van der Waals surface area contributed by atoms with Gasteiger partial charge in [0.15, 0.2) is 0 Å². The molecule has 1 fully saturated rings. The molecule has 176 valence electrons. The maximum absolute atomic E-state index is 12.6. The minimum atomic E-state index is -0.248. The summed E-state index contributed by atoms with van der Waals surface area (Å²) in [4.78, 5) is 31.1. The second-order valence-corrected chi connectivity index (χ2v) is 8.60. The van der Waals surface area contributed by atoms with E-state index in [2.05, 4.69) is 20.6 Å². The van der Waals surface area contributed by atoms with Crippen LogP contribution in [-0.2, 0) is 11.8 Å². The molecule has 2 amide bonds. The number of hydrogen-bond donors (Lipinski definition) is 1. The number of nitrogens with one attached hydrogen (secondary N) is 1. The predicted octanol–water partition coefficient (Wildman–Crippen LogP) is 3.31. The number of aromatic nitrogens is 4. The highest BCUT2D eigenvalue weighted by Gasteiger charge is 2.28. The Morgan fingerprint density at radius 3 is 2.68 bits per heavy atom. The summed E-state index contributed by atoms with van der Waals surface area (Å²) in [6, 6.07) is 14.9. The SMILES string of the molecule is Cc1nn(C)c2ccc(-c3noc(C4CCN(C(=O)CNC(=O)c5ccccc5)CC4)n3)cc12.[HH]. The molecule has 0 bridgehead atoms. The van der Waals surface area contributed by atoms with Crippen LogP contribution >= 0.6 is 0 Å². The van der Waals surface area contributed by atoms with Crippen molar-refractivity contribution in [3.05, 3.63) is 65.7 Å². The lowest BCUT2D eigenvalue weighted by Crippen LogP contribution is -2.43. The normalized spacial score (nSPS) is 14.5. The zero-order valence-corrected chi connectivity index (χ0v) is 19.2. The summed E-state index contributed by atoms with van der Waals surface area (Å²) in [7, 11) is 1.93. The molecule has 1 aliphatic rings. The van der Waals surface area contributed by atoms with Gasteiger partial charge in [-0.2, -0.15) is 10.1 Å². The molecule has 34 heavy (non-hydrogen) atoms. The van der Waals surface area contributed by atoms with E-state index in [1.807, 2.05) is 42.9 Å². The third-order valence-electron chi connectivity index (χ3n) is 6.37. The summed E-state index contributed by atoms with van der Waals surface area (Å²) < 4.78 is 7.45. The third-order valence-corrected chi connectivity index (χ3v) is 6.37. The molecule has 0 unspecified atom stereocenters.